The van der Waals surface area contributed by atoms with E-state index in [1.165, 1.54) is 15.8 Å². The highest BCUT2D eigenvalue weighted by Gasteiger charge is 2.24. The Morgan fingerprint density at radius 1 is 1.35 bits per heavy atom. The summed E-state index contributed by atoms with van der Waals surface area (Å²) in [4.78, 5) is 18.6. The molecule has 5 heteroatoms. The number of aryl methyl sites for hydroxylation is 1. The van der Waals surface area contributed by atoms with Crippen molar-refractivity contribution in [2.45, 2.75) is 39.7 Å². The Morgan fingerprint density at radius 2 is 2.13 bits per heavy atom. The van der Waals surface area contributed by atoms with E-state index < -0.39 is 5.60 Å². The highest BCUT2D eigenvalue weighted by Crippen LogP contribution is 2.31. The van der Waals surface area contributed by atoms with Crippen molar-refractivity contribution in [3.8, 4) is 0 Å². The zero-order chi connectivity index (χ0) is 16.6. The molecule has 122 valence electrons. The molecule has 0 saturated carbocycles. The van der Waals surface area contributed by atoms with Gasteiger partial charge in [-0.25, -0.2) is 9.78 Å². The fourth-order valence-electron chi connectivity index (χ4n) is 2.58. The van der Waals surface area contributed by atoms with E-state index in [1.807, 2.05) is 20.8 Å². The molecule has 0 bridgehead atoms. The van der Waals surface area contributed by atoms with Crippen LogP contribution in [0.4, 0.5) is 4.79 Å². The van der Waals surface area contributed by atoms with Crippen molar-refractivity contribution in [1.29, 1.82) is 0 Å². The van der Waals surface area contributed by atoms with E-state index in [4.69, 9.17) is 9.72 Å². The van der Waals surface area contributed by atoms with E-state index in [9.17, 15) is 4.79 Å². The van der Waals surface area contributed by atoms with Crippen LogP contribution in [0.5, 0.6) is 0 Å². The number of carbonyl (C=O) groups is 1. The summed E-state index contributed by atoms with van der Waals surface area (Å²) in [5.74, 6) is 0. The second kappa shape index (κ2) is 5.96. The minimum atomic E-state index is -0.453. The second-order valence-corrected chi connectivity index (χ2v) is 7.88. The zero-order valence-electron chi connectivity index (χ0n) is 14.0. The van der Waals surface area contributed by atoms with Crippen molar-refractivity contribution in [2.24, 2.45) is 0 Å². The number of thiazole rings is 1. The van der Waals surface area contributed by atoms with Crippen molar-refractivity contribution >= 4 is 33.2 Å². The molecule has 0 saturated heterocycles. The predicted octanol–water partition coefficient (Wildman–Crippen LogP) is 4.63. The van der Waals surface area contributed by atoms with Crippen molar-refractivity contribution in [3.05, 3.63) is 34.8 Å². The number of aromatic nitrogens is 1. The molecule has 0 atom stereocenters. The summed E-state index contributed by atoms with van der Waals surface area (Å²) in [5.41, 5.74) is 3.07. The zero-order valence-corrected chi connectivity index (χ0v) is 14.9. The average Bonchev–Trinajstić information content (AvgIpc) is 2.91. The number of carbonyl (C=O) groups excluding carboxylic acids is 1. The average molecular weight is 330 g/mol. The minimum Gasteiger partial charge on any atom is -0.444 e. The fraction of sp³-hybridized carbons (Fsp3) is 0.444. The van der Waals surface area contributed by atoms with Gasteiger partial charge in [0.15, 0.2) is 0 Å². The third kappa shape index (κ3) is 3.55. The van der Waals surface area contributed by atoms with Crippen LogP contribution in [-0.4, -0.2) is 34.7 Å². The van der Waals surface area contributed by atoms with Crippen LogP contribution in [0.2, 0.25) is 0 Å². The number of hydrogen-bond acceptors (Lipinski definition) is 4. The number of hydrogen-bond donors (Lipinski definition) is 0. The van der Waals surface area contributed by atoms with Crippen molar-refractivity contribution in [3.63, 3.8) is 0 Å². The first-order valence-electron chi connectivity index (χ1n) is 7.87. The lowest BCUT2D eigenvalue weighted by molar-refractivity contribution is 0.0270. The molecule has 0 spiro atoms. The van der Waals surface area contributed by atoms with E-state index in [-0.39, 0.29) is 6.09 Å². The number of benzene rings is 1. The third-order valence-electron chi connectivity index (χ3n) is 3.76. The summed E-state index contributed by atoms with van der Waals surface area (Å²) < 4.78 is 6.64. The van der Waals surface area contributed by atoms with Crippen LogP contribution in [0.3, 0.4) is 0 Å². The molecule has 1 aromatic carbocycles. The first-order chi connectivity index (χ1) is 10.8. The summed E-state index contributed by atoms with van der Waals surface area (Å²) in [6.45, 7) is 9.01. The monoisotopic (exact) mass is 330 g/mol. The smallest absolute Gasteiger partial charge is 0.410 e. The van der Waals surface area contributed by atoms with Crippen LogP contribution < -0.4 is 0 Å². The maximum Gasteiger partial charge on any atom is 0.410 e. The van der Waals surface area contributed by atoms with E-state index >= 15 is 0 Å². The van der Waals surface area contributed by atoms with Gasteiger partial charge >= 0.3 is 6.09 Å². The lowest BCUT2D eigenvalue weighted by atomic mass is 10.1. The highest BCUT2D eigenvalue weighted by atomic mass is 32.1. The van der Waals surface area contributed by atoms with E-state index in [0.29, 0.717) is 13.1 Å². The summed E-state index contributed by atoms with van der Waals surface area (Å²) in [5, 5.41) is 1.07. The first kappa shape index (κ1) is 16.0. The summed E-state index contributed by atoms with van der Waals surface area (Å²) in [7, 11) is 0. The predicted molar refractivity (Wildman–Crippen MR) is 94.8 cm³/mol. The number of amides is 1. The van der Waals surface area contributed by atoms with E-state index in [2.05, 4.69) is 31.2 Å². The topological polar surface area (TPSA) is 42.4 Å². The Hall–Kier alpha value is -1.88. The molecular weight excluding hydrogens is 308 g/mol. The molecule has 4 nitrogen and oxygen atoms in total. The number of fused-ring (bicyclic) bond motifs is 1. The molecule has 1 aliphatic heterocycles. The fourth-order valence-corrected chi connectivity index (χ4v) is 3.69. The molecule has 2 heterocycles. The van der Waals surface area contributed by atoms with Gasteiger partial charge in [-0.15, -0.1) is 11.3 Å². The Bertz CT molecular complexity index is 771. The van der Waals surface area contributed by atoms with E-state index in [0.717, 1.165) is 16.9 Å². The molecule has 2 aromatic rings. The Kier molecular flexibility index (Phi) is 4.15. The van der Waals surface area contributed by atoms with Gasteiger partial charge in [-0.1, -0.05) is 18.2 Å². The number of para-hydroxylation sites is 1. The molecule has 1 amide bonds. The molecule has 1 aliphatic rings. The molecule has 23 heavy (non-hydrogen) atoms. The standard InChI is InChI=1S/C18H22N2O2S/c1-12-6-5-7-14-15(12)19-16(23-14)13-8-10-20(11-9-13)17(21)22-18(2,3)4/h5-8H,9-11H2,1-4H3. The summed E-state index contributed by atoms with van der Waals surface area (Å²) in [6.07, 6.45) is 2.67. The Balaban J connectivity index is 1.75. The van der Waals surface area contributed by atoms with Gasteiger partial charge in [0.25, 0.3) is 0 Å². The van der Waals surface area contributed by atoms with Gasteiger partial charge in [-0.3, -0.25) is 0 Å². The van der Waals surface area contributed by atoms with Crippen LogP contribution in [-0.2, 0) is 4.74 Å². The number of rotatable bonds is 1. The largest absolute Gasteiger partial charge is 0.444 e. The quantitative estimate of drug-likeness (QED) is 0.765. The van der Waals surface area contributed by atoms with Gasteiger partial charge in [-0.05, 0) is 51.3 Å². The van der Waals surface area contributed by atoms with Crippen molar-refractivity contribution in [1.82, 2.24) is 9.88 Å². The van der Waals surface area contributed by atoms with Gasteiger partial charge in [0.2, 0.25) is 0 Å². The SMILES string of the molecule is Cc1cccc2sc(C3=CCN(C(=O)OC(C)(C)C)CC3)nc12. The molecule has 0 N–H and O–H groups in total. The molecule has 0 radical (unpaired) electrons. The maximum absolute atomic E-state index is 12.1. The summed E-state index contributed by atoms with van der Waals surface area (Å²) >= 11 is 1.72. The summed E-state index contributed by atoms with van der Waals surface area (Å²) in [6, 6.07) is 6.27. The minimum absolute atomic E-state index is 0.243. The molecule has 1 aromatic heterocycles. The van der Waals surface area contributed by atoms with Crippen LogP contribution in [0.25, 0.3) is 15.8 Å². The Labute approximate surface area is 140 Å². The van der Waals surface area contributed by atoms with Crippen molar-refractivity contribution in [2.75, 3.05) is 13.1 Å². The third-order valence-corrected chi connectivity index (χ3v) is 4.85. The lowest BCUT2D eigenvalue weighted by Crippen LogP contribution is -2.39. The van der Waals surface area contributed by atoms with Crippen LogP contribution in [0.1, 0.15) is 37.8 Å². The lowest BCUT2D eigenvalue weighted by Gasteiger charge is -2.29. The van der Waals surface area contributed by atoms with E-state index in [1.54, 1.807) is 16.2 Å². The van der Waals surface area contributed by atoms with Crippen LogP contribution in [0, 0.1) is 6.92 Å². The van der Waals surface area contributed by atoms with Crippen LogP contribution in [0.15, 0.2) is 24.3 Å². The Morgan fingerprint density at radius 3 is 2.74 bits per heavy atom. The van der Waals surface area contributed by atoms with Gasteiger partial charge in [0.1, 0.15) is 10.6 Å². The number of nitrogens with zero attached hydrogens (tertiary/aromatic N) is 2. The van der Waals surface area contributed by atoms with Gasteiger partial charge in [-0.2, -0.15) is 0 Å². The van der Waals surface area contributed by atoms with Gasteiger partial charge in [0, 0.05) is 13.1 Å². The molecular formula is C18H22N2O2S. The normalized spacial score (nSPS) is 15.7. The highest BCUT2D eigenvalue weighted by molar-refractivity contribution is 7.19. The second-order valence-electron chi connectivity index (χ2n) is 6.85. The molecule has 3 rings (SSSR count). The number of ether oxygens (including phenoxy) is 1. The molecule has 0 unspecified atom stereocenters. The van der Waals surface area contributed by atoms with Crippen LogP contribution >= 0.6 is 11.3 Å². The molecule has 0 fully saturated rings. The first-order valence-corrected chi connectivity index (χ1v) is 8.68. The maximum atomic E-state index is 12.1. The van der Waals surface area contributed by atoms with Gasteiger partial charge in [0.05, 0.1) is 10.2 Å². The van der Waals surface area contributed by atoms with Crippen molar-refractivity contribution < 1.29 is 9.53 Å². The van der Waals surface area contributed by atoms with Gasteiger partial charge < -0.3 is 9.64 Å². The molecule has 0 aliphatic carbocycles.